The standard InChI is InChI=1S/C25H35ClN4O4/c1-15-13-16(2)29-22-19(33-6)14-17(21(26)20(15)22)27-10-8-11-28-23(31)18-9-7-12-30(18)24(32)34-25(3,4)5/h13-14,18,27H,7-12H2,1-6H3,(H,28,31)/t18-/m0/s1. The van der Waals surface area contributed by atoms with E-state index in [1.807, 2.05) is 46.8 Å². The minimum absolute atomic E-state index is 0.147. The van der Waals surface area contributed by atoms with Crippen molar-refractivity contribution in [3.63, 3.8) is 0 Å². The molecular weight excluding hydrogens is 456 g/mol. The Balaban J connectivity index is 1.55. The molecule has 1 aliphatic rings. The van der Waals surface area contributed by atoms with E-state index < -0.39 is 17.7 Å². The van der Waals surface area contributed by atoms with Crippen LogP contribution >= 0.6 is 11.6 Å². The molecule has 0 bridgehead atoms. The van der Waals surface area contributed by atoms with E-state index in [9.17, 15) is 9.59 Å². The van der Waals surface area contributed by atoms with E-state index in [1.165, 1.54) is 4.90 Å². The molecule has 2 amide bonds. The fourth-order valence-electron chi connectivity index (χ4n) is 4.19. The second-order valence-electron chi connectivity index (χ2n) is 9.65. The van der Waals surface area contributed by atoms with E-state index in [-0.39, 0.29) is 5.91 Å². The Kier molecular flexibility index (Phi) is 8.13. The molecule has 1 saturated heterocycles. The van der Waals surface area contributed by atoms with Gasteiger partial charge in [-0.3, -0.25) is 9.69 Å². The zero-order valence-electron chi connectivity index (χ0n) is 20.9. The van der Waals surface area contributed by atoms with Gasteiger partial charge in [0.25, 0.3) is 0 Å². The highest BCUT2D eigenvalue weighted by Crippen LogP contribution is 2.38. The van der Waals surface area contributed by atoms with Gasteiger partial charge >= 0.3 is 6.09 Å². The molecule has 34 heavy (non-hydrogen) atoms. The maximum atomic E-state index is 12.7. The highest BCUT2D eigenvalue weighted by atomic mass is 35.5. The lowest BCUT2D eigenvalue weighted by atomic mass is 10.1. The van der Waals surface area contributed by atoms with Crippen molar-refractivity contribution in [1.29, 1.82) is 0 Å². The summed E-state index contributed by atoms with van der Waals surface area (Å²) in [4.78, 5) is 31.2. The molecule has 9 heteroatoms. The average molecular weight is 491 g/mol. The lowest BCUT2D eigenvalue weighted by molar-refractivity contribution is -0.125. The number of fused-ring (bicyclic) bond motifs is 1. The van der Waals surface area contributed by atoms with Gasteiger partial charge in [0.2, 0.25) is 5.91 Å². The van der Waals surface area contributed by atoms with E-state index >= 15 is 0 Å². The largest absolute Gasteiger partial charge is 0.494 e. The second-order valence-corrected chi connectivity index (χ2v) is 10.0. The van der Waals surface area contributed by atoms with Crippen LogP contribution in [0, 0.1) is 13.8 Å². The summed E-state index contributed by atoms with van der Waals surface area (Å²) in [5, 5.41) is 7.75. The first-order valence-electron chi connectivity index (χ1n) is 11.7. The van der Waals surface area contributed by atoms with Crippen molar-refractivity contribution in [2.75, 3.05) is 32.1 Å². The van der Waals surface area contributed by atoms with Crippen molar-refractivity contribution in [2.24, 2.45) is 0 Å². The number of likely N-dealkylation sites (tertiary alicyclic amines) is 1. The first-order valence-corrected chi connectivity index (χ1v) is 12.0. The Bertz CT molecular complexity index is 1070. The van der Waals surface area contributed by atoms with E-state index in [4.69, 9.17) is 21.1 Å². The van der Waals surface area contributed by atoms with Gasteiger partial charge in [0, 0.05) is 36.8 Å². The van der Waals surface area contributed by atoms with Gasteiger partial charge in [-0.25, -0.2) is 9.78 Å². The number of halogens is 1. The molecule has 8 nitrogen and oxygen atoms in total. The number of aromatic nitrogens is 1. The van der Waals surface area contributed by atoms with E-state index in [0.717, 1.165) is 34.3 Å². The number of carbonyl (C=O) groups excluding carboxylic acids is 2. The maximum absolute atomic E-state index is 12.7. The molecule has 0 radical (unpaired) electrons. The summed E-state index contributed by atoms with van der Waals surface area (Å²) in [5.41, 5.74) is 2.86. The van der Waals surface area contributed by atoms with Crippen LogP contribution in [0.25, 0.3) is 10.9 Å². The number of carbonyl (C=O) groups is 2. The number of hydrogen-bond acceptors (Lipinski definition) is 6. The van der Waals surface area contributed by atoms with Crippen LogP contribution < -0.4 is 15.4 Å². The smallest absolute Gasteiger partial charge is 0.410 e. The van der Waals surface area contributed by atoms with E-state index in [2.05, 4.69) is 15.6 Å². The Hall–Kier alpha value is -2.74. The number of amides is 2. The molecule has 1 atom stereocenters. The first-order chi connectivity index (χ1) is 16.0. The molecule has 186 valence electrons. The molecule has 3 rings (SSSR count). The lowest BCUT2D eigenvalue weighted by Gasteiger charge is -2.28. The van der Waals surface area contributed by atoms with Crippen LogP contribution in [-0.2, 0) is 9.53 Å². The zero-order valence-corrected chi connectivity index (χ0v) is 21.6. The molecule has 2 aromatic rings. The van der Waals surface area contributed by atoms with E-state index in [0.29, 0.717) is 43.2 Å². The van der Waals surface area contributed by atoms with Gasteiger partial charge in [-0.2, -0.15) is 0 Å². The number of methoxy groups -OCH3 is 1. The third-order valence-electron chi connectivity index (χ3n) is 5.68. The number of ether oxygens (including phenoxy) is 2. The Morgan fingerprint density at radius 1 is 1.24 bits per heavy atom. The summed E-state index contributed by atoms with van der Waals surface area (Å²) >= 11 is 6.69. The van der Waals surface area contributed by atoms with Crippen LogP contribution in [-0.4, -0.2) is 60.3 Å². The number of aryl methyl sites for hydroxylation is 2. The molecule has 0 spiro atoms. The first kappa shape index (κ1) is 25.9. The highest BCUT2D eigenvalue weighted by Gasteiger charge is 2.36. The van der Waals surface area contributed by atoms with Gasteiger partial charge in [-0.15, -0.1) is 0 Å². The summed E-state index contributed by atoms with van der Waals surface area (Å²) in [6.07, 6.45) is 1.68. The molecule has 0 aliphatic carbocycles. The van der Waals surface area contributed by atoms with E-state index in [1.54, 1.807) is 7.11 Å². The van der Waals surface area contributed by atoms with Crippen LogP contribution in [0.3, 0.4) is 0 Å². The minimum atomic E-state index is -0.591. The number of hydrogen-bond donors (Lipinski definition) is 2. The van der Waals surface area contributed by atoms with Crippen molar-refractivity contribution in [2.45, 2.75) is 65.5 Å². The summed E-state index contributed by atoms with van der Waals surface area (Å²) in [7, 11) is 1.62. The zero-order chi connectivity index (χ0) is 25.0. The summed E-state index contributed by atoms with van der Waals surface area (Å²) in [5.74, 6) is 0.510. The highest BCUT2D eigenvalue weighted by molar-refractivity contribution is 6.38. The van der Waals surface area contributed by atoms with Gasteiger partial charge in [0.05, 0.1) is 17.8 Å². The van der Waals surface area contributed by atoms with Crippen LogP contribution in [0.4, 0.5) is 10.5 Å². The number of nitrogens with one attached hydrogen (secondary N) is 2. The minimum Gasteiger partial charge on any atom is -0.494 e. The predicted octanol–water partition coefficient (Wildman–Crippen LogP) is 4.83. The normalized spacial score (nSPS) is 16.0. The molecule has 1 aromatic carbocycles. The Morgan fingerprint density at radius 2 is 1.97 bits per heavy atom. The third kappa shape index (κ3) is 6.03. The van der Waals surface area contributed by atoms with Gasteiger partial charge in [-0.05, 0) is 65.5 Å². The third-order valence-corrected chi connectivity index (χ3v) is 6.07. The van der Waals surface area contributed by atoms with Gasteiger partial charge < -0.3 is 20.1 Å². The molecule has 1 aromatic heterocycles. The maximum Gasteiger partial charge on any atom is 0.410 e. The number of nitrogens with zero attached hydrogens (tertiary/aromatic N) is 2. The predicted molar refractivity (Wildman–Crippen MR) is 135 cm³/mol. The fourth-order valence-corrected chi connectivity index (χ4v) is 4.55. The summed E-state index contributed by atoms with van der Waals surface area (Å²) in [6.45, 7) is 11.0. The molecule has 0 unspecified atom stereocenters. The number of rotatable bonds is 7. The number of benzene rings is 1. The van der Waals surface area contributed by atoms with Crippen molar-refractivity contribution in [3.8, 4) is 5.75 Å². The van der Waals surface area contributed by atoms with Crippen molar-refractivity contribution in [3.05, 3.63) is 28.4 Å². The van der Waals surface area contributed by atoms with Gasteiger partial charge in [-0.1, -0.05) is 11.6 Å². The topological polar surface area (TPSA) is 92.8 Å². The van der Waals surface area contributed by atoms with Crippen molar-refractivity contribution >= 4 is 40.2 Å². The van der Waals surface area contributed by atoms with Crippen LogP contribution in [0.2, 0.25) is 5.02 Å². The molecule has 0 saturated carbocycles. The van der Waals surface area contributed by atoms with Crippen LogP contribution in [0.5, 0.6) is 5.75 Å². The Morgan fingerprint density at radius 3 is 2.65 bits per heavy atom. The number of anilines is 1. The Labute approximate surface area is 206 Å². The van der Waals surface area contributed by atoms with Crippen molar-refractivity contribution in [1.82, 2.24) is 15.2 Å². The average Bonchev–Trinajstić information content (AvgIpc) is 3.23. The lowest BCUT2D eigenvalue weighted by Crippen LogP contribution is -2.47. The van der Waals surface area contributed by atoms with Crippen LogP contribution in [0.1, 0.15) is 51.3 Å². The van der Waals surface area contributed by atoms with Gasteiger partial charge in [0.15, 0.2) is 0 Å². The molecular formula is C25H35ClN4O4. The molecule has 2 heterocycles. The quantitative estimate of drug-likeness (QED) is 0.540. The van der Waals surface area contributed by atoms with Crippen LogP contribution in [0.15, 0.2) is 12.1 Å². The second kappa shape index (κ2) is 10.7. The number of pyridine rings is 1. The molecule has 1 fully saturated rings. The molecule has 1 aliphatic heterocycles. The fraction of sp³-hybridized carbons (Fsp3) is 0.560. The monoisotopic (exact) mass is 490 g/mol. The summed E-state index contributed by atoms with van der Waals surface area (Å²) < 4.78 is 11.0. The van der Waals surface area contributed by atoms with Crippen molar-refractivity contribution < 1.29 is 19.1 Å². The summed E-state index contributed by atoms with van der Waals surface area (Å²) in [6, 6.07) is 3.36. The molecule has 2 N–H and O–H groups in total. The van der Waals surface area contributed by atoms with Gasteiger partial charge in [0.1, 0.15) is 22.9 Å². The SMILES string of the molecule is COc1cc(NCCCNC(=O)[C@@H]2CCCN2C(=O)OC(C)(C)C)c(Cl)c2c(C)cc(C)nc12.